The maximum atomic E-state index is 13.3. The first-order valence-corrected chi connectivity index (χ1v) is 10.6. The van der Waals surface area contributed by atoms with Crippen LogP contribution in [0.3, 0.4) is 0 Å². The average Bonchev–Trinajstić information content (AvgIpc) is 2.77. The Kier molecular flexibility index (Phi) is 6.35. The van der Waals surface area contributed by atoms with Crippen LogP contribution in [0.15, 0.2) is 77.6 Å². The fourth-order valence-electron chi connectivity index (χ4n) is 3.66. The molecule has 32 heavy (non-hydrogen) atoms. The van der Waals surface area contributed by atoms with Crippen LogP contribution in [0, 0.1) is 6.92 Å². The molecule has 4 aromatic rings. The Morgan fingerprint density at radius 3 is 2.56 bits per heavy atom. The summed E-state index contributed by atoms with van der Waals surface area (Å²) < 4.78 is 0. The fourth-order valence-corrected chi connectivity index (χ4v) is 3.84. The van der Waals surface area contributed by atoms with Crippen molar-refractivity contribution in [3.63, 3.8) is 0 Å². The number of hydrogen-bond acceptors (Lipinski definition) is 4. The van der Waals surface area contributed by atoms with E-state index in [4.69, 9.17) is 11.6 Å². The SMILES string of the molecule is Cc1ccc(NC(=O)[C@@H](c2ccccc2)N(C)Cc2nc3ccccc3c(=O)[nH]2)cc1Cl. The van der Waals surface area contributed by atoms with Crippen molar-refractivity contribution in [2.45, 2.75) is 19.5 Å². The van der Waals surface area contributed by atoms with Gasteiger partial charge in [0.2, 0.25) is 5.91 Å². The van der Waals surface area contributed by atoms with E-state index >= 15 is 0 Å². The Balaban J connectivity index is 1.63. The third-order valence-corrected chi connectivity index (χ3v) is 5.71. The van der Waals surface area contributed by atoms with Crippen molar-refractivity contribution in [3.8, 4) is 0 Å². The lowest BCUT2D eigenvalue weighted by molar-refractivity contribution is -0.121. The Morgan fingerprint density at radius 1 is 1.09 bits per heavy atom. The van der Waals surface area contributed by atoms with E-state index < -0.39 is 6.04 Å². The van der Waals surface area contributed by atoms with Gasteiger partial charge in [-0.2, -0.15) is 0 Å². The number of likely N-dealkylation sites (N-methyl/N-ethyl adjacent to an activating group) is 1. The van der Waals surface area contributed by atoms with Crippen molar-refractivity contribution < 1.29 is 4.79 Å². The van der Waals surface area contributed by atoms with Gasteiger partial charge in [0.15, 0.2) is 0 Å². The number of H-pyrrole nitrogens is 1. The molecular weight excluding hydrogens is 424 g/mol. The molecule has 0 saturated carbocycles. The predicted molar refractivity (Wildman–Crippen MR) is 128 cm³/mol. The number of carbonyl (C=O) groups excluding carboxylic acids is 1. The predicted octanol–water partition coefficient (Wildman–Crippen LogP) is 4.70. The molecule has 1 aromatic heterocycles. The lowest BCUT2D eigenvalue weighted by Gasteiger charge is -2.27. The highest BCUT2D eigenvalue weighted by Gasteiger charge is 2.26. The number of benzene rings is 3. The Hall–Kier alpha value is -3.48. The number of hydrogen-bond donors (Lipinski definition) is 2. The van der Waals surface area contributed by atoms with E-state index in [0.717, 1.165) is 11.1 Å². The first-order chi connectivity index (χ1) is 15.4. The van der Waals surface area contributed by atoms with Crippen LogP contribution in [0.25, 0.3) is 10.9 Å². The lowest BCUT2D eigenvalue weighted by atomic mass is 10.0. The summed E-state index contributed by atoms with van der Waals surface area (Å²) in [6.45, 7) is 2.19. The van der Waals surface area contributed by atoms with E-state index in [1.807, 2.05) is 67.4 Å². The van der Waals surface area contributed by atoms with Gasteiger partial charge in [0.1, 0.15) is 11.9 Å². The average molecular weight is 447 g/mol. The second kappa shape index (κ2) is 9.34. The quantitative estimate of drug-likeness (QED) is 0.450. The van der Waals surface area contributed by atoms with Crippen molar-refractivity contribution in [1.29, 1.82) is 0 Å². The number of para-hydroxylation sites is 1. The number of aryl methyl sites for hydroxylation is 1. The van der Waals surface area contributed by atoms with Gasteiger partial charge in [-0.25, -0.2) is 4.98 Å². The molecule has 6 nitrogen and oxygen atoms in total. The molecule has 1 heterocycles. The summed E-state index contributed by atoms with van der Waals surface area (Å²) in [5.74, 6) is 0.282. The largest absolute Gasteiger partial charge is 0.324 e. The molecule has 0 spiro atoms. The molecule has 0 aliphatic heterocycles. The summed E-state index contributed by atoms with van der Waals surface area (Å²) in [5, 5.41) is 4.08. The van der Waals surface area contributed by atoms with Gasteiger partial charge in [-0.3, -0.25) is 14.5 Å². The maximum Gasteiger partial charge on any atom is 0.258 e. The number of nitrogens with one attached hydrogen (secondary N) is 2. The summed E-state index contributed by atoms with van der Waals surface area (Å²) in [6.07, 6.45) is 0. The number of rotatable bonds is 6. The van der Waals surface area contributed by atoms with Crippen molar-refractivity contribution >= 4 is 34.1 Å². The molecule has 4 rings (SSSR count). The van der Waals surface area contributed by atoms with Crippen molar-refractivity contribution in [2.24, 2.45) is 0 Å². The van der Waals surface area contributed by atoms with E-state index in [1.54, 1.807) is 24.3 Å². The molecule has 0 saturated heterocycles. The first-order valence-electron chi connectivity index (χ1n) is 10.2. The summed E-state index contributed by atoms with van der Waals surface area (Å²) in [7, 11) is 1.83. The van der Waals surface area contributed by atoms with Crippen molar-refractivity contribution in [2.75, 3.05) is 12.4 Å². The molecule has 162 valence electrons. The highest BCUT2D eigenvalue weighted by Crippen LogP contribution is 2.25. The van der Waals surface area contributed by atoms with Crippen LogP contribution in [0.5, 0.6) is 0 Å². The number of aromatic nitrogens is 2. The molecule has 7 heteroatoms. The van der Waals surface area contributed by atoms with Crippen LogP contribution in [0.2, 0.25) is 5.02 Å². The highest BCUT2D eigenvalue weighted by molar-refractivity contribution is 6.31. The lowest BCUT2D eigenvalue weighted by Crippen LogP contribution is -2.35. The van der Waals surface area contributed by atoms with E-state index in [9.17, 15) is 9.59 Å². The van der Waals surface area contributed by atoms with E-state index in [2.05, 4.69) is 15.3 Å². The number of aromatic amines is 1. The van der Waals surface area contributed by atoms with E-state index in [-0.39, 0.29) is 18.0 Å². The molecule has 0 aliphatic carbocycles. The Bertz CT molecular complexity index is 1320. The number of anilines is 1. The maximum absolute atomic E-state index is 13.3. The minimum Gasteiger partial charge on any atom is -0.324 e. The van der Waals surface area contributed by atoms with Crippen LogP contribution >= 0.6 is 11.6 Å². The van der Waals surface area contributed by atoms with Gasteiger partial charge < -0.3 is 10.3 Å². The molecule has 0 radical (unpaired) electrons. The van der Waals surface area contributed by atoms with Crippen LogP contribution in [0.1, 0.15) is 23.0 Å². The Morgan fingerprint density at radius 2 is 1.81 bits per heavy atom. The van der Waals surface area contributed by atoms with Gasteiger partial charge >= 0.3 is 0 Å². The molecule has 2 N–H and O–H groups in total. The van der Waals surface area contributed by atoms with Gasteiger partial charge in [-0.1, -0.05) is 60.1 Å². The smallest absolute Gasteiger partial charge is 0.258 e. The number of carbonyl (C=O) groups is 1. The molecule has 0 aliphatic rings. The number of fused-ring (bicyclic) bond motifs is 1. The zero-order chi connectivity index (χ0) is 22.7. The van der Waals surface area contributed by atoms with Gasteiger partial charge in [-0.05, 0) is 49.4 Å². The molecule has 0 fully saturated rings. The first kappa shape index (κ1) is 21.7. The van der Waals surface area contributed by atoms with Gasteiger partial charge in [-0.15, -0.1) is 0 Å². The third kappa shape index (κ3) is 4.72. The molecule has 1 amide bonds. The van der Waals surface area contributed by atoms with Crippen LogP contribution < -0.4 is 10.9 Å². The van der Waals surface area contributed by atoms with Crippen molar-refractivity contribution in [3.05, 3.63) is 105 Å². The normalized spacial score (nSPS) is 12.1. The summed E-state index contributed by atoms with van der Waals surface area (Å²) in [4.78, 5) is 35.0. The molecule has 0 bridgehead atoms. The van der Waals surface area contributed by atoms with Gasteiger partial charge in [0.05, 0.1) is 17.4 Å². The monoisotopic (exact) mass is 446 g/mol. The third-order valence-electron chi connectivity index (χ3n) is 5.30. The topological polar surface area (TPSA) is 78.1 Å². The highest BCUT2D eigenvalue weighted by atomic mass is 35.5. The molecule has 3 aromatic carbocycles. The Labute approximate surface area is 190 Å². The summed E-state index contributed by atoms with van der Waals surface area (Å²) in [6, 6.07) is 21.5. The zero-order valence-electron chi connectivity index (χ0n) is 17.8. The van der Waals surface area contributed by atoms with Crippen LogP contribution in [-0.4, -0.2) is 27.8 Å². The van der Waals surface area contributed by atoms with Crippen LogP contribution in [-0.2, 0) is 11.3 Å². The second-order valence-corrected chi connectivity index (χ2v) is 8.12. The zero-order valence-corrected chi connectivity index (χ0v) is 18.6. The summed E-state index contributed by atoms with van der Waals surface area (Å²) >= 11 is 6.22. The number of halogens is 1. The summed E-state index contributed by atoms with van der Waals surface area (Å²) in [5.41, 5.74) is 2.81. The van der Waals surface area contributed by atoms with Crippen LogP contribution in [0.4, 0.5) is 5.69 Å². The molecule has 1 atom stereocenters. The minimum atomic E-state index is -0.604. The van der Waals surface area contributed by atoms with Gasteiger partial charge in [0.25, 0.3) is 5.56 Å². The second-order valence-electron chi connectivity index (χ2n) is 7.71. The van der Waals surface area contributed by atoms with Gasteiger partial charge in [0, 0.05) is 10.7 Å². The fraction of sp³-hybridized carbons (Fsp3) is 0.160. The molecule has 0 unspecified atom stereocenters. The molecular formula is C25H23ClN4O2. The van der Waals surface area contributed by atoms with Crippen molar-refractivity contribution in [1.82, 2.24) is 14.9 Å². The minimum absolute atomic E-state index is 0.200. The number of nitrogens with zero attached hydrogens (tertiary/aromatic N) is 2. The number of amides is 1. The van der Waals surface area contributed by atoms with E-state index in [0.29, 0.717) is 27.4 Å². The van der Waals surface area contributed by atoms with E-state index in [1.165, 1.54) is 0 Å². The standard InChI is InChI=1S/C25H23ClN4O2/c1-16-12-13-18(14-20(16)26)27-25(32)23(17-8-4-3-5-9-17)30(2)15-22-28-21-11-7-6-10-19(21)24(31)29-22/h3-14,23H,15H2,1-2H3,(H,27,32)(H,28,29,31)/t23-/m1/s1.